The molecule has 0 aliphatic carbocycles. The molecule has 204 valence electrons. The SMILES string of the molecule is COc1cc(/C=C/C(=O)CC(=O)/C=C/c2ccc(O)c(OC)c2)ccc1O.NC(Cc1ccccc1)C(=O)O. The fraction of sp³-hybridized carbons (Fsp3) is 0.167. The number of aromatic hydroxyl groups is 2. The Kier molecular flexibility index (Phi) is 12.0. The van der Waals surface area contributed by atoms with Crippen LogP contribution < -0.4 is 15.2 Å². The molecule has 0 amide bonds. The quantitative estimate of drug-likeness (QED) is 0.211. The van der Waals surface area contributed by atoms with Gasteiger partial charge in [0, 0.05) is 0 Å². The minimum absolute atomic E-state index is 0.00662. The number of carbonyl (C=O) groups is 3. The zero-order valence-corrected chi connectivity index (χ0v) is 21.6. The van der Waals surface area contributed by atoms with Crippen LogP contribution in [0.25, 0.3) is 12.2 Å². The summed E-state index contributed by atoms with van der Waals surface area (Å²) < 4.78 is 10.00. The van der Waals surface area contributed by atoms with Crippen molar-refractivity contribution in [2.45, 2.75) is 18.9 Å². The maximum Gasteiger partial charge on any atom is 0.320 e. The molecule has 0 saturated carbocycles. The highest BCUT2D eigenvalue weighted by Crippen LogP contribution is 2.27. The fourth-order valence-corrected chi connectivity index (χ4v) is 3.22. The molecular formula is C30H31NO8. The highest BCUT2D eigenvalue weighted by Gasteiger charge is 2.11. The van der Waals surface area contributed by atoms with Crippen molar-refractivity contribution in [1.82, 2.24) is 0 Å². The lowest BCUT2D eigenvalue weighted by atomic mass is 10.1. The Morgan fingerprint density at radius 1 is 0.795 bits per heavy atom. The zero-order valence-electron chi connectivity index (χ0n) is 21.6. The molecule has 39 heavy (non-hydrogen) atoms. The number of hydrogen-bond acceptors (Lipinski definition) is 8. The predicted octanol–water partition coefficient (Wildman–Crippen LogP) is 4.01. The van der Waals surface area contributed by atoms with Crippen molar-refractivity contribution in [2.24, 2.45) is 5.73 Å². The van der Waals surface area contributed by atoms with E-state index in [2.05, 4.69) is 0 Å². The monoisotopic (exact) mass is 533 g/mol. The number of rotatable bonds is 11. The minimum atomic E-state index is -0.959. The van der Waals surface area contributed by atoms with E-state index in [9.17, 15) is 24.6 Å². The van der Waals surface area contributed by atoms with Crippen LogP contribution in [0.15, 0.2) is 78.9 Å². The average molecular weight is 534 g/mol. The maximum absolute atomic E-state index is 11.9. The lowest BCUT2D eigenvalue weighted by molar-refractivity contribution is -0.138. The Hall–Kier alpha value is -4.89. The maximum atomic E-state index is 11.9. The molecule has 0 bridgehead atoms. The molecule has 9 heteroatoms. The Labute approximate surface area is 226 Å². The number of methoxy groups -OCH3 is 2. The van der Waals surface area contributed by atoms with Gasteiger partial charge >= 0.3 is 5.97 Å². The standard InChI is InChI=1S/C21H20O6.C9H11NO2/c1-26-20-11-14(5-9-18(20)24)3-7-16(22)13-17(23)8-4-15-6-10-19(25)21(12-15)27-2;10-8(9(11)12)6-7-4-2-1-3-5-7/h3-12,24-25H,13H2,1-2H3;1-5,8H,6,10H2,(H,11,12)/b7-3+,8-4+;. The first-order valence-corrected chi connectivity index (χ1v) is 11.8. The Balaban J connectivity index is 0.000000370. The summed E-state index contributed by atoms with van der Waals surface area (Å²) in [6.07, 6.45) is 5.83. The van der Waals surface area contributed by atoms with Gasteiger partial charge in [-0.25, -0.2) is 0 Å². The van der Waals surface area contributed by atoms with Gasteiger partial charge in [-0.05, 0) is 59.5 Å². The van der Waals surface area contributed by atoms with Crippen molar-refractivity contribution < 1.29 is 39.2 Å². The van der Waals surface area contributed by atoms with Crippen molar-refractivity contribution in [3.63, 3.8) is 0 Å². The predicted molar refractivity (Wildman–Crippen MR) is 148 cm³/mol. The van der Waals surface area contributed by atoms with Gasteiger partial charge in [0.25, 0.3) is 0 Å². The second kappa shape index (κ2) is 15.4. The molecule has 0 aliphatic heterocycles. The zero-order chi connectivity index (χ0) is 28.8. The van der Waals surface area contributed by atoms with Crippen LogP contribution in [-0.2, 0) is 20.8 Å². The summed E-state index contributed by atoms with van der Waals surface area (Å²) >= 11 is 0. The van der Waals surface area contributed by atoms with Crippen LogP contribution in [0.2, 0.25) is 0 Å². The number of phenols is 2. The number of aliphatic carboxylic acids is 1. The smallest absolute Gasteiger partial charge is 0.320 e. The second-order valence-corrected chi connectivity index (χ2v) is 8.27. The van der Waals surface area contributed by atoms with Crippen LogP contribution in [0.3, 0.4) is 0 Å². The number of ether oxygens (including phenoxy) is 2. The first-order valence-electron chi connectivity index (χ1n) is 11.8. The summed E-state index contributed by atoms with van der Waals surface area (Å²) in [6.45, 7) is 0. The topological polar surface area (TPSA) is 156 Å². The van der Waals surface area contributed by atoms with E-state index < -0.39 is 12.0 Å². The largest absolute Gasteiger partial charge is 0.504 e. The molecular weight excluding hydrogens is 502 g/mol. The molecule has 3 rings (SSSR count). The molecule has 0 aliphatic rings. The molecule has 1 unspecified atom stereocenters. The fourth-order valence-electron chi connectivity index (χ4n) is 3.22. The number of carboxylic acids is 1. The summed E-state index contributed by atoms with van der Waals surface area (Å²) in [7, 11) is 2.87. The molecule has 1 atom stereocenters. The van der Waals surface area contributed by atoms with Crippen molar-refractivity contribution in [2.75, 3.05) is 14.2 Å². The molecule has 0 spiro atoms. The highest BCUT2D eigenvalue weighted by atomic mass is 16.5. The van der Waals surface area contributed by atoms with E-state index in [-0.39, 0.29) is 29.5 Å². The molecule has 0 radical (unpaired) electrons. The number of carboxylic acid groups (broad SMARTS) is 1. The van der Waals surface area contributed by atoms with Gasteiger partial charge in [-0.2, -0.15) is 0 Å². The summed E-state index contributed by atoms with van der Waals surface area (Å²) in [5.41, 5.74) is 7.63. The Morgan fingerprint density at radius 3 is 1.67 bits per heavy atom. The lowest BCUT2D eigenvalue weighted by Crippen LogP contribution is -2.32. The van der Waals surface area contributed by atoms with Crippen LogP contribution in [0, 0.1) is 0 Å². The van der Waals surface area contributed by atoms with E-state index >= 15 is 0 Å². The van der Waals surface area contributed by atoms with Crippen LogP contribution >= 0.6 is 0 Å². The molecule has 3 aromatic rings. The second-order valence-electron chi connectivity index (χ2n) is 8.27. The summed E-state index contributed by atoms with van der Waals surface area (Å²) in [5.74, 6) is -1.04. The molecule has 0 heterocycles. The Bertz CT molecular complexity index is 1260. The third kappa shape index (κ3) is 10.6. The van der Waals surface area contributed by atoms with E-state index in [1.807, 2.05) is 30.3 Å². The van der Waals surface area contributed by atoms with E-state index in [0.717, 1.165) is 5.56 Å². The van der Waals surface area contributed by atoms with Gasteiger partial charge in [0.05, 0.1) is 20.6 Å². The first-order chi connectivity index (χ1) is 18.6. The number of hydrogen-bond donors (Lipinski definition) is 4. The molecule has 3 aromatic carbocycles. The summed E-state index contributed by atoms with van der Waals surface area (Å²) in [5, 5.41) is 27.6. The van der Waals surface area contributed by atoms with Gasteiger partial charge in [-0.15, -0.1) is 0 Å². The molecule has 0 fully saturated rings. The third-order valence-corrected chi connectivity index (χ3v) is 5.30. The van der Waals surface area contributed by atoms with E-state index in [0.29, 0.717) is 29.0 Å². The van der Waals surface area contributed by atoms with Gasteiger partial charge in [0.15, 0.2) is 34.6 Å². The number of ketones is 2. The average Bonchev–Trinajstić information content (AvgIpc) is 2.93. The Morgan fingerprint density at radius 2 is 1.26 bits per heavy atom. The van der Waals surface area contributed by atoms with Crippen LogP contribution in [0.4, 0.5) is 0 Å². The van der Waals surface area contributed by atoms with E-state index in [4.69, 9.17) is 20.3 Å². The van der Waals surface area contributed by atoms with Crippen molar-refractivity contribution in [3.05, 3.63) is 95.6 Å². The van der Waals surface area contributed by atoms with Crippen LogP contribution in [0.1, 0.15) is 23.1 Å². The van der Waals surface area contributed by atoms with E-state index in [1.165, 1.54) is 38.5 Å². The molecule has 0 saturated heterocycles. The minimum Gasteiger partial charge on any atom is -0.504 e. The number of phenolic OH excluding ortho intramolecular Hbond substituents is 2. The van der Waals surface area contributed by atoms with Gasteiger partial charge < -0.3 is 30.5 Å². The number of allylic oxidation sites excluding steroid dienone is 2. The molecule has 9 nitrogen and oxygen atoms in total. The molecule has 0 aromatic heterocycles. The number of nitrogens with two attached hydrogens (primary N) is 1. The first kappa shape index (κ1) is 30.3. The lowest BCUT2D eigenvalue weighted by Gasteiger charge is -2.04. The van der Waals surface area contributed by atoms with Crippen LogP contribution in [-0.4, -0.2) is 53.1 Å². The van der Waals surface area contributed by atoms with Crippen molar-refractivity contribution in [1.29, 1.82) is 0 Å². The normalized spacial score (nSPS) is 11.5. The van der Waals surface area contributed by atoms with Gasteiger partial charge in [0.2, 0.25) is 0 Å². The van der Waals surface area contributed by atoms with Crippen molar-refractivity contribution in [3.8, 4) is 23.0 Å². The number of benzene rings is 3. The third-order valence-electron chi connectivity index (χ3n) is 5.30. The van der Waals surface area contributed by atoms with E-state index in [1.54, 1.807) is 36.4 Å². The number of carbonyl (C=O) groups excluding carboxylic acids is 2. The molecule has 5 N–H and O–H groups in total. The van der Waals surface area contributed by atoms with Gasteiger partial charge in [-0.3, -0.25) is 14.4 Å². The van der Waals surface area contributed by atoms with Gasteiger partial charge in [0.1, 0.15) is 6.04 Å². The highest BCUT2D eigenvalue weighted by molar-refractivity contribution is 6.10. The van der Waals surface area contributed by atoms with Crippen molar-refractivity contribution >= 4 is 29.7 Å². The van der Waals surface area contributed by atoms with Crippen LogP contribution in [0.5, 0.6) is 23.0 Å². The van der Waals surface area contributed by atoms with Gasteiger partial charge in [-0.1, -0.05) is 54.6 Å². The summed E-state index contributed by atoms with van der Waals surface area (Å²) in [4.78, 5) is 34.2. The summed E-state index contributed by atoms with van der Waals surface area (Å²) in [6, 6.07) is 17.9.